The van der Waals surface area contributed by atoms with Crippen LogP contribution in [0.4, 0.5) is 5.69 Å². The Hall–Kier alpha value is -1.68. The summed E-state index contributed by atoms with van der Waals surface area (Å²) in [7, 11) is 0. The molecule has 0 saturated carbocycles. The van der Waals surface area contributed by atoms with E-state index in [1.165, 1.54) is 11.8 Å². The van der Waals surface area contributed by atoms with Crippen LogP contribution in [0, 0.1) is 5.53 Å². The Morgan fingerprint density at radius 2 is 2.07 bits per heavy atom. The standard InChI is InChI=1S/C11H16N4/c12-7-1-2-10-3-5-11(6-4-10)14-8-9-15-13/h3-6,8-9,13-14H,1-2,7,12H2/b9-8-,15-13?. The summed E-state index contributed by atoms with van der Waals surface area (Å²) in [5, 5.41) is 6.11. The fourth-order valence-electron chi connectivity index (χ4n) is 1.24. The fourth-order valence-corrected chi connectivity index (χ4v) is 1.24. The number of benzene rings is 1. The van der Waals surface area contributed by atoms with E-state index in [0.29, 0.717) is 0 Å². The molecule has 1 rings (SSSR count). The Labute approximate surface area is 89.7 Å². The van der Waals surface area contributed by atoms with Crippen LogP contribution in [0.1, 0.15) is 12.0 Å². The summed E-state index contributed by atoms with van der Waals surface area (Å²) in [6, 6.07) is 8.15. The number of nitrogens with two attached hydrogens (primary N) is 1. The van der Waals surface area contributed by atoms with E-state index in [4.69, 9.17) is 11.3 Å². The van der Waals surface area contributed by atoms with Crippen molar-refractivity contribution in [2.75, 3.05) is 11.9 Å². The zero-order valence-electron chi connectivity index (χ0n) is 8.61. The minimum Gasteiger partial charge on any atom is -0.360 e. The molecule has 4 heteroatoms. The summed E-state index contributed by atoms with van der Waals surface area (Å²) in [4.78, 5) is 0. The summed E-state index contributed by atoms with van der Waals surface area (Å²) >= 11 is 0. The Morgan fingerprint density at radius 1 is 1.33 bits per heavy atom. The second-order valence-corrected chi connectivity index (χ2v) is 3.18. The minimum atomic E-state index is 0.730. The van der Waals surface area contributed by atoms with Crippen LogP contribution < -0.4 is 11.1 Å². The first kappa shape index (κ1) is 11.4. The van der Waals surface area contributed by atoms with E-state index in [9.17, 15) is 0 Å². The van der Waals surface area contributed by atoms with Crippen molar-refractivity contribution in [1.29, 1.82) is 5.53 Å². The zero-order valence-corrected chi connectivity index (χ0v) is 8.61. The van der Waals surface area contributed by atoms with Gasteiger partial charge in [0.2, 0.25) is 0 Å². The van der Waals surface area contributed by atoms with Crippen LogP contribution in [0.3, 0.4) is 0 Å². The molecule has 15 heavy (non-hydrogen) atoms. The lowest BCUT2D eigenvalue weighted by molar-refractivity contribution is 0.833. The summed E-state index contributed by atoms with van der Waals surface area (Å²) < 4.78 is 0. The molecule has 0 aromatic heterocycles. The van der Waals surface area contributed by atoms with Crippen molar-refractivity contribution in [2.24, 2.45) is 10.8 Å². The Balaban J connectivity index is 2.48. The minimum absolute atomic E-state index is 0.730. The molecule has 0 bridgehead atoms. The maximum atomic E-state index is 6.56. The highest BCUT2D eigenvalue weighted by atomic mass is 14.9. The van der Waals surface area contributed by atoms with Gasteiger partial charge < -0.3 is 11.1 Å². The molecule has 4 N–H and O–H groups in total. The first-order valence-electron chi connectivity index (χ1n) is 4.94. The largest absolute Gasteiger partial charge is 0.360 e. The molecule has 0 atom stereocenters. The molecule has 0 aliphatic rings. The number of hydrogen-bond donors (Lipinski definition) is 3. The average Bonchev–Trinajstić information content (AvgIpc) is 2.28. The first-order valence-corrected chi connectivity index (χ1v) is 4.94. The summed E-state index contributed by atoms with van der Waals surface area (Å²) in [5.41, 5.74) is 14.3. The van der Waals surface area contributed by atoms with Gasteiger partial charge in [0.15, 0.2) is 0 Å². The zero-order chi connectivity index (χ0) is 10.9. The van der Waals surface area contributed by atoms with Gasteiger partial charge in [0, 0.05) is 11.9 Å². The van der Waals surface area contributed by atoms with Crippen LogP contribution in [-0.4, -0.2) is 6.54 Å². The van der Waals surface area contributed by atoms with Gasteiger partial charge in [0.05, 0.1) is 6.20 Å². The van der Waals surface area contributed by atoms with Crippen LogP contribution in [-0.2, 0) is 6.42 Å². The van der Waals surface area contributed by atoms with Gasteiger partial charge in [0.1, 0.15) is 0 Å². The fraction of sp³-hybridized carbons (Fsp3) is 0.273. The average molecular weight is 204 g/mol. The van der Waals surface area contributed by atoms with Crippen LogP contribution in [0.15, 0.2) is 41.8 Å². The highest BCUT2D eigenvalue weighted by Gasteiger charge is 1.92. The van der Waals surface area contributed by atoms with Crippen LogP contribution in [0.25, 0.3) is 0 Å². The van der Waals surface area contributed by atoms with Crippen molar-refractivity contribution in [1.82, 2.24) is 0 Å². The Bertz CT molecular complexity index is 316. The first-order chi connectivity index (χ1) is 7.36. The monoisotopic (exact) mass is 204 g/mol. The normalized spacial score (nSPS) is 10.5. The number of aryl methyl sites for hydroxylation is 1. The lowest BCUT2D eigenvalue weighted by Crippen LogP contribution is -2.00. The van der Waals surface area contributed by atoms with E-state index >= 15 is 0 Å². The van der Waals surface area contributed by atoms with Gasteiger partial charge in [-0.1, -0.05) is 12.1 Å². The van der Waals surface area contributed by atoms with Gasteiger partial charge in [-0.25, -0.2) is 5.53 Å². The molecule has 0 spiro atoms. The maximum absolute atomic E-state index is 6.56. The van der Waals surface area contributed by atoms with E-state index in [1.807, 2.05) is 12.1 Å². The van der Waals surface area contributed by atoms with Crippen LogP contribution in [0.5, 0.6) is 0 Å². The molecule has 4 nitrogen and oxygen atoms in total. The molecule has 0 radical (unpaired) electrons. The van der Waals surface area contributed by atoms with Crippen LogP contribution >= 0.6 is 0 Å². The van der Waals surface area contributed by atoms with Gasteiger partial charge in [0.25, 0.3) is 0 Å². The number of anilines is 1. The number of nitrogens with zero attached hydrogens (tertiary/aromatic N) is 1. The molecule has 1 aromatic rings. The predicted molar refractivity (Wildman–Crippen MR) is 61.7 cm³/mol. The van der Waals surface area contributed by atoms with Crippen molar-refractivity contribution in [3.8, 4) is 0 Å². The van der Waals surface area contributed by atoms with Gasteiger partial charge in [-0.15, -0.1) is 0 Å². The quantitative estimate of drug-likeness (QED) is 0.623. The molecule has 0 aliphatic heterocycles. The van der Waals surface area contributed by atoms with Gasteiger partial charge in [-0.2, -0.15) is 5.11 Å². The van der Waals surface area contributed by atoms with E-state index in [2.05, 4.69) is 22.6 Å². The second kappa shape index (κ2) is 6.73. The lowest BCUT2D eigenvalue weighted by atomic mass is 10.1. The van der Waals surface area contributed by atoms with Crippen molar-refractivity contribution < 1.29 is 0 Å². The van der Waals surface area contributed by atoms with E-state index in [-0.39, 0.29) is 0 Å². The van der Waals surface area contributed by atoms with Gasteiger partial charge in [-0.3, -0.25) is 0 Å². The molecular formula is C11H16N4. The van der Waals surface area contributed by atoms with Crippen LogP contribution in [0.2, 0.25) is 0 Å². The third kappa shape index (κ3) is 4.37. The highest BCUT2D eigenvalue weighted by Crippen LogP contribution is 2.10. The molecular weight excluding hydrogens is 188 g/mol. The van der Waals surface area contributed by atoms with Gasteiger partial charge >= 0.3 is 0 Å². The van der Waals surface area contributed by atoms with E-state index in [1.54, 1.807) is 6.20 Å². The highest BCUT2D eigenvalue weighted by molar-refractivity contribution is 5.46. The molecule has 0 saturated heterocycles. The van der Waals surface area contributed by atoms with E-state index < -0.39 is 0 Å². The number of hydrogen-bond acceptors (Lipinski definition) is 4. The SMILES string of the molecule is N=N/C=C\Nc1ccc(CCCN)cc1. The molecule has 0 fully saturated rings. The van der Waals surface area contributed by atoms with Crippen molar-refractivity contribution in [3.63, 3.8) is 0 Å². The smallest absolute Gasteiger partial charge is 0.0648 e. The van der Waals surface area contributed by atoms with Crippen molar-refractivity contribution in [3.05, 3.63) is 42.2 Å². The molecule has 80 valence electrons. The Morgan fingerprint density at radius 3 is 2.67 bits per heavy atom. The summed E-state index contributed by atoms with van der Waals surface area (Å²) in [6.45, 7) is 0.730. The predicted octanol–water partition coefficient (Wildman–Crippen LogP) is 2.49. The van der Waals surface area contributed by atoms with Crippen molar-refractivity contribution >= 4 is 5.69 Å². The molecule has 1 aromatic carbocycles. The molecule has 0 unspecified atom stereocenters. The summed E-state index contributed by atoms with van der Waals surface area (Å²) in [5.74, 6) is 0. The third-order valence-corrected chi connectivity index (χ3v) is 2.02. The van der Waals surface area contributed by atoms with Crippen molar-refractivity contribution in [2.45, 2.75) is 12.8 Å². The molecule has 0 amide bonds. The molecule has 0 heterocycles. The Kier molecular flexibility index (Phi) is 5.11. The molecule has 0 aliphatic carbocycles. The third-order valence-electron chi connectivity index (χ3n) is 2.02. The lowest BCUT2D eigenvalue weighted by Gasteiger charge is -2.02. The van der Waals surface area contributed by atoms with Gasteiger partial charge in [-0.05, 0) is 37.1 Å². The van der Waals surface area contributed by atoms with E-state index in [0.717, 1.165) is 25.1 Å². The topological polar surface area (TPSA) is 74.3 Å². The number of rotatable bonds is 6. The number of nitrogens with one attached hydrogen (secondary N) is 2. The maximum Gasteiger partial charge on any atom is 0.0648 e. The second-order valence-electron chi connectivity index (χ2n) is 3.18. The summed E-state index contributed by atoms with van der Waals surface area (Å²) in [6.07, 6.45) is 5.06.